The van der Waals surface area contributed by atoms with Crippen LogP contribution in [0.3, 0.4) is 0 Å². The quantitative estimate of drug-likeness (QED) is 0.531. The molecule has 1 saturated carbocycles. The molecule has 1 aromatic heterocycles. The van der Waals surface area contributed by atoms with Crippen LogP contribution in [0.2, 0.25) is 0 Å². The van der Waals surface area contributed by atoms with Crippen molar-refractivity contribution in [3.05, 3.63) is 44.8 Å². The Balaban J connectivity index is 1.51. The number of nitrogens with zero attached hydrogens (tertiary/aromatic N) is 1. The molecule has 29 heavy (non-hydrogen) atoms. The van der Waals surface area contributed by atoms with Crippen LogP contribution in [0, 0.1) is 24.7 Å². The van der Waals surface area contributed by atoms with Gasteiger partial charge in [-0.2, -0.15) is 0 Å². The SMILES string of the molecule is Cc1cn([C@H]2C=C[C@H](CO[P+](=O)OC3C[C@H](C)CCC3C(C)C)O2)c(=O)[nH]c1=O. The van der Waals surface area contributed by atoms with Crippen LogP contribution < -0.4 is 11.2 Å². The number of nitrogens with one attached hydrogen (secondary N) is 1. The molecule has 0 saturated heterocycles. The first-order chi connectivity index (χ1) is 13.7. The van der Waals surface area contributed by atoms with E-state index in [-0.39, 0.29) is 12.7 Å². The van der Waals surface area contributed by atoms with Crippen molar-refractivity contribution < 1.29 is 18.3 Å². The Bertz CT molecular complexity index is 876. The Morgan fingerprint density at radius 2 is 2.07 bits per heavy atom. The third kappa shape index (κ3) is 5.51. The Kier molecular flexibility index (Phi) is 7.22. The molecule has 0 spiro atoms. The maximum atomic E-state index is 12.4. The second-order valence-electron chi connectivity index (χ2n) is 8.42. The van der Waals surface area contributed by atoms with Crippen molar-refractivity contribution in [3.63, 3.8) is 0 Å². The van der Waals surface area contributed by atoms with E-state index in [1.807, 2.05) is 0 Å². The molecule has 1 N–H and O–H groups in total. The number of ether oxygens (including phenoxy) is 1. The second-order valence-corrected chi connectivity index (χ2v) is 9.33. The summed E-state index contributed by atoms with van der Waals surface area (Å²) < 4.78 is 30.6. The fraction of sp³-hybridized carbons (Fsp3) is 0.700. The average Bonchev–Trinajstić information content (AvgIpc) is 3.11. The summed E-state index contributed by atoms with van der Waals surface area (Å²) in [6.45, 7) is 8.21. The van der Waals surface area contributed by atoms with Gasteiger partial charge >= 0.3 is 13.9 Å². The molecule has 9 heteroatoms. The number of hydrogen-bond acceptors (Lipinski definition) is 6. The number of aromatic amines is 1. The smallest absolute Gasteiger partial charge is 0.344 e. The molecule has 3 unspecified atom stereocenters. The molecule has 2 aliphatic rings. The summed E-state index contributed by atoms with van der Waals surface area (Å²) in [7, 11) is -2.25. The molecule has 160 valence electrons. The van der Waals surface area contributed by atoms with Crippen LogP contribution in [-0.4, -0.2) is 28.4 Å². The summed E-state index contributed by atoms with van der Waals surface area (Å²) in [5.74, 6) is 1.41. The van der Waals surface area contributed by atoms with Crippen molar-refractivity contribution >= 4 is 8.25 Å². The predicted octanol–water partition coefficient (Wildman–Crippen LogP) is 3.45. The van der Waals surface area contributed by atoms with E-state index >= 15 is 0 Å². The zero-order valence-electron chi connectivity index (χ0n) is 17.4. The van der Waals surface area contributed by atoms with Crippen LogP contribution in [0.4, 0.5) is 0 Å². The Hall–Kier alpha value is -1.60. The third-order valence-corrected chi connectivity index (χ3v) is 6.55. The second kappa shape index (κ2) is 9.47. The fourth-order valence-electron chi connectivity index (χ4n) is 4.03. The van der Waals surface area contributed by atoms with Gasteiger partial charge in [0.25, 0.3) is 5.56 Å². The van der Waals surface area contributed by atoms with E-state index < -0.39 is 31.8 Å². The van der Waals surface area contributed by atoms with Gasteiger partial charge in [0.15, 0.2) is 6.23 Å². The molecule has 0 amide bonds. The van der Waals surface area contributed by atoms with Gasteiger partial charge in [-0.3, -0.25) is 14.3 Å². The summed E-state index contributed by atoms with van der Waals surface area (Å²) in [6.07, 6.45) is 6.91. The van der Waals surface area contributed by atoms with Gasteiger partial charge in [0.2, 0.25) is 0 Å². The molecule has 1 aliphatic heterocycles. The Morgan fingerprint density at radius 3 is 2.79 bits per heavy atom. The van der Waals surface area contributed by atoms with Crippen molar-refractivity contribution in [2.24, 2.45) is 17.8 Å². The van der Waals surface area contributed by atoms with Crippen LogP contribution >= 0.6 is 8.25 Å². The van der Waals surface area contributed by atoms with Crippen molar-refractivity contribution in [1.29, 1.82) is 0 Å². The summed E-state index contributed by atoms with van der Waals surface area (Å²) in [4.78, 5) is 25.7. The highest BCUT2D eigenvalue weighted by atomic mass is 31.1. The molecule has 1 fully saturated rings. The van der Waals surface area contributed by atoms with Gasteiger partial charge in [-0.1, -0.05) is 33.3 Å². The standard InChI is InChI=1S/C20H29N2O6P/c1-12(2)16-7-5-13(3)9-17(16)28-29(25)26-11-15-6-8-18(27-15)22-10-14(4)19(23)21-20(22)24/h6,8,10,12-13,15-18H,5,7,9,11H2,1-4H3/p+1/t13-,15-,16?,17?,18-/m1/s1. The number of rotatable bonds is 7. The zero-order valence-corrected chi connectivity index (χ0v) is 18.3. The molecular weight excluding hydrogens is 395 g/mol. The van der Waals surface area contributed by atoms with E-state index in [0.717, 1.165) is 12.8 Å². The highest BCUT2D eigenvalue weighted by molar-refractivity contribution is 7.33. The van der Waals surface area contributed by atoms with E-state index in [0.29, 0.717) is 23.3 Å². The number of aryl methyl sites for hydroxylation is 1. The van der Waals surface area contributed by atoms with Gasteiger partial charge in [0.05, 0.1) is 0 Å². The van der Waals surface area contributed by atoms with Crippen LogP contribution in [0.5, 0.6) is 0 Å². The van der Waals surface area contributed by atoms with Gasteiger partial charge in [0, 0.05) is 16.3 Å². The van der Waals surface area contributed by atoms with Crippen LogP contribution in [0.1, 0.15) is 51.8 Å². The highest BCUT2D eigenvalue weighted by Gasteiger charge is 2.39. The van der Waals surface area contributed by atoms with E-state index in [9.17, 15) is 14.2 Å². The largest absolute Gasteiger partial charge is 0.697 e. The zero-order chi connectivity index (χ0) is 21.1. The maximum Gasteiger partial charge on any atom is 0.697 e. The molecule has 3 rings (SSSR count). The van der Waals surface area contributed by atoms with E-state index in [1.165, 1.54) is 17.2 Å². The third-order valence-electron chi connectivity index (χ3n) is 5.75. The first kappa shape index (κ1) is 22.1. The van der Waals surface area contributed by atoms with E-state index in [4.69, 9.17) is 13.8 Å². The lowest BCUT2D eigenvalue weighted by Crippen LogP contribution is -2.33. The minimum absolute atomic E-state index is 0.0576. The molecule has 6 atom stereocenters. The van der Waals surface area contributed by atoms with Crippen LogP contribution in [0.25, 0.3) is 0 Å². The minimum Gasteiger partial charge on any atom is -0.344 e. The number of H-pyrrole nitrogens is 1. The van der Waals surface area contributed by atoms with Gasteiger partial charge in [0.1, 0.15) is 18.8 Å². The summed E-state index contributed by atoms with van der Waals surface area (Å²) >= 11 is 0. The number of hydrogen-bond donors (Lipinski definition) is 1. The van der Waals surface area contributed by atoms with Crippen LogP contribution in [-0.2, 0) is 18.3 Å². The molecule has 1 aromatic rings. The molecule has 1 aliphatic carbocycles. The molecule has 8 nitrogen and oxygen atoms in total. The minimum atomic E-state index is -2.25. The van der Waals surface area contributed by atoms with Crippen molar-refractivity contribution in [2.45, 2.75) is 65.4 Å². The molecule has 2 heterocycles. The highest BCUT2D eigenvalue weighted by Crippen LogP contribution is 2.40. The monoisotopic (exact) mass is 425 g/mol. The fourth-order valence-corrected chi connectivity index (χ4v) is 4.82. The Labute approximate surface area is 171 Å². The van der Waals surface area contributed by atoms with Crippen LogP contribution in [0.15, 0.2) is 27.9 Å². The maximum absolute atomic E-state index is 12.4. The lowest BCUT2D eigenvalue weighted by molar-refractivity contribution is -0.0125. The first-order valence-corrected chi connectivity index (χ1v) is 11.3. The van der Waals surface area contributed by atoms with Crippen molar-refractivity contribution in [2.75, 3.05) is 6.61 Å². The van der Waals surface area contributed by atoms with Crippen molar-refractivity contribution in [1.82, 2.24) is 9.55 Å². The van der Waals surface area contributed by atoms with E-state index in [1.54, 1.807) is 19.1 Å². The lowest BCUT2D eigenvalue weighted by atomic mass is 9.75. The lowest BCUT2D eigenvalue weighted by Gasteiger charge is -2.33. The van der Waals surface area contributed by atoms with Gasteiger partial charge < -0.3 is 4.74 Å². The van der Waals surface area contributed by atoms with E-state index in [2.05, 4.69) is 25.8 Å². The normalized spacial score (nSPS) is 30.1. The predicted molar refractivity (Wildman–Crippen MR) is 109 cm³/mol. The van der Waals surface area contributed by atoms with Gasteiger partial charge in [-0.25, -0.2) is 4.79 Å². The van der Waals surface area contributed by atoms with Crippen molar-refractivity contribution in [3.8, 4) is 0 Å². The summed E-state index contributed by atoms with van der Waals surface area (Å²) in [6, 6.07) is 0. The molecule has 0 aromatic carbocycles. The Morgan fingerprint density at radius 1 is 1.31 bits per heavy atom. The van der Waals surface area contributed by atoms with Gasteiger partial charge in [-0.15, -0.1) is 9.05 Å². The topological polar surface area (TPSA) is 99.6 Å². The average molecular weight is 425 g/mol. The molecule has 0 bridgehead atoms. The number of aromatic nitrogens is 2. The summed E-state index contributed by atoms with van der Waals surface area (Å²) in [5, 5.41) is 0. The summed E-state index contributed by atoms with van der Waals surface area (Å²) in [5.41, 5.74) is -0.546. The first-order valence-electron chi connectivity index (χ1n) is 10.2. The van der Waals surface area contributed by atoms with Gasteiger partial charge in [-0.05, 0) is 43.6 Å². The molecule has 0 radical (unpaired) electrons. The molecular formula is C20H30N2O6P+.